The molecule has 1 amide bonds. The Morgan fingerprint density at radius 1 is 1.32 bits per heavy atom. The van der Waals surface area contributed by atoms with Crippen LogP contribution in [0.15, 0.2) is 42.5 Å². The maximum atomic E-state index is 13.4. The highest BCUT2D eigenvalue weighted by Crippen LogP contribution is 2.45. The Labute approximate surface area is 137 Å². The Kier molecular flexibility index (Phi) is 4.27. The Hall–Kier alpha value is -1.72. The SMILES string of the molecule is COc1ccccc1[C@@H]1SCC(=O)N1c1ccc(F)c(Cl)c1. The van der Waals surface area contributed by atoms with Gasteiger partial charge in [-0.25, -0.2) is 4.39 Å². The molecule has 0 aliphatic carbocycles. The number of carbonyl (C=O) groups excluding carboxylic acids is 1. The van der Waals surface area contributed by atoms with E-state index in [0.29, 0.717) is 17.2 Å². The number of thioether (sulfide) groups is 1. The molecule has 1 aliphatic rings. The molecule has 6 heteroatoms. The minimum Gasteiger partial charge on any atom is -0.496 e. The number of carbonyl (C=O) groups is 1. The van der Waals surface area contributed by atoms with Gasteiger partial charge in [-0.1, -0.05) is 29.8 Å². The van der Waals surface area contributed by atoms with Gasteiger partial charge in [0, 0.05) is 11.3 Å². The quantitative estimate of drug-likeness (QED) is 0.837. The summed E-state index contributed by atoms with van der Waals surface area (Å²) in [5, 5.41) is -0.217. The molecule has 0 bridgehead atoms. The molecule has 2 aromatic carbocycles. The Morgan fingerprint density at radius 3 is 2.82 bits per heavy atom. The minimum absolute atomic E-state index is 0.000904. The van der Waals surface area contributed by atoms with Crippen molar-refractivity contribution in [1.82, 2.24) is 0 Å². The van der Waals surface area contributed by atoms with Gasteiger partial charge < -0.3 is 4.74 Å². The van der Waals surface area contributed by atoms with Crippen LogP contribution in [0.5, 0.6) is 5.75 Å². The van der Waals surface area contributed by atoms with E-state index in [0.717, 1.165) is 5.56 Å². The molecule has 1 heterocycles. The monoisotopic (exact) mass is 337 g/mol. The lowest BCUT2D eigenvalue weighted by atomic mass is 10.1. The number of rotatable bonds is 3. The predicted octanol–water partition coefficient (Wildman–Crippen LogP) is 4.27. The number of amides is 1. The van der Waals surface area contributed by atoms with Gasteiger partial charge in [0.25, 0.3) is 0 Å². The summed E-state index contributed by atoms with van der Waals surface area (Å²) in [6.45, 7) is 0. The van der Waals surface area contributed by atoms with E-state index >= 15 is 0 Å². The third-order valence-electron chi connectivity index (χ3n) is 3.45. The second kappa shape index (κ2) is 6.18. The van der Waals surface area contributed by atoms with E-state index in [9.17, 15) is 9.18 Å². The van der Waals surface area contributed by atoms with Crippen molar-refractivity contribution in [3.8, 4) is 5.75 Å². The zero-order valence-electron chi connectivity index (χ0n) is 11.8. The van der Waals surface area contributed by atoms with Crippen LogP contribution in [0.1, 0.15) is 10.9 Å². The molecule has 114 valence electrons. The van der Waals surface area contributed by atoms with E-state index in [1.807, 2.05) is 24.3 Å². The molecule has 3 nitrogen and oxygen atoms in total. The number of benzene rings is 2. The standard InChI is InChI=1S/C16H13ClFNO2S/c1-21-14-5-3-2-4-11(14)16-19(15(20)9-22-16)10-6-7-13(18)12(17)8-10/h2-8,16H,9H2,1H3/t16-/m0/s1. The van der Waals surface area contributed by atoms with Crippen molar-refractivity contribution in [2.75, 3.05) is 17.8 Å². The molecule has 0 unspecified atom stereocenters. The molecule has 0 radical (unpaired) electrons. The van der Waals surface area contributed by atoms with Gasteiger partial charge in [-0.3, -0.25) is 9.69 Å². The highest BCUT2D eigenvalue weighted by molar-refractivity contribution is 8.00. The zero-order valence-corrected chi connectivity index (χ0v) is 13.3. The largest absolute Gasteiger partial charge is 0.496 e. The Balaban J connectivity index is 2.04. The van der Waals surface area contributed by atoms with Gasteiger partial charge in [0.15, 0.2) is 0 Å². The number of nitrogens with zero attached hydrogens (tertiary/aromatic N) is 1. The van der Waals surface area contributed by atoms with Crippen LogP contribution in [0.2, 0.25) is 5.02 Å². The fraction of sp³-hybridized carbons (Fsp3) is 0.188. The van der Waals surface area contributed by atoms with Gasteiger partial charge in [0.05, 0.1) is 17.9 Å². The minimum atomic E-state index is -0.501. The lowest BCUT2D eigenvalue weighted by Gasteiger charge is -2.25. The molecule has 0 spiro atoms. The van der Waals surface area contributed by atoms with Gasteiger partial charge in [-0.2, -0.15) is 0 Å². The van der Waals surface area contributed by atoms with Crippen LogP contribution in [0, 0.1) is 5.82 Å². The number of ether oxygens (including phenoxy) is 1. The van der Waals surface area contributed by atoms with Gasteiger partial charge in [0.2, 0.25) is 5.91 Å². The molecule has 1 atom stereocenters. The first kappa shape index (κ1) is 15.2. The number of methoxy groups -OCH3 is 1. The lowest BCUT2D eigenvalue weighted by Crippen LogP contribution is -2.28. The van der Waals surface area contributed by atoms with Crippen LogP contribution in [-0.4, -0.2) is 18.8 Å². The summed E-state index contributed by atoms with van der Waals surface area (Å²) in [5.41, 5.74) is 1.48. The zero-order chi connectivity index (χ0) is 15.7. The van der Waals surface area contributed by atoms with Crippen LogP contribution >= 0.6 is 23.4 Å². The molecular weight excluding hydrogens is 325 g/mol. The summed E-state index contributed by atoms with van der Waals surface area (Å²) in [6, 6.07) is 11.9. The fourth-order valence-corrected chi connectivity index (χ4v) is 3.82. The second-order valence-corrected chi connectivity index (χ2v) is 6.24. The van der Waals surface area contributed by atoms with Crippen molar-refractivity contribution in [2.24, 2.45) is 0 Å². The second-order valence-electron chi connectivity index (χ2n) is 4.77. The highest BCUT2D eigenvalue weighted by atomic mass is 35.5. The molecule has 1 fully saturated rings. The third-order valence-corrected chi connectivity index (χ3v) is 4.94. The first-order valence-corrected chi connectivity index (χ1v) is 8.06. The van der Waals surface area contributed by atoms with Crippen LogP contribution < -0.4 is 9.64 Å². The van der Waals surface area contributed by atoms with Crippen LogP contribution in [-0.2, 0) is 4.79 Å². The molecule has 2 aromatic rings. The molecular formula is C16H13ClFNO2S. The number of hydrogen-bond acceptors (Lipinski definition) is 3. The Morgan fingerprint density at radius 2 is 2.09 bits per heavy atom. The molecule has 1 aliphatic heterocycles. The van der Waals surface area contributed by atoms with Crippen LogP contribution in [0.3, 0.4) is 0 Å². The predicted molar refractivity (Wildman–Crippen MR) is 87.1 cm³/mol. The van der Waals surface area contributed by atoms with Crippen molar-refractivity contribution in [3.05, 3.63) is 58.9 Å². The van der Waals surface area contributed by atoms with Crippen molar-refractivity contribution in [2.45, 2.75) is 5.37 Å². The summed E-state index contributed by atoms with van der Waals surface area (Å²) in [6.07, 6.45) is 0. The third kappa shape index (κ3) is 2.66. The van der Waals surface area contributed by atoms with E-state index in [-0.39, 0.29) is 16.3 Å². The normalized spacial score (nSPS) is 17.9. The Bertz CT molecular complexity index is 725. The van der Waals surface area contributed by atoms with Gasteiger partial charge in [-0.05, 0) is 24.3 Å². The smallest absolute Gasteiger partial charge is 0.238 e. The number of para-hydroxylation sites is 1. The van der Waals surface area contributed by atoms with E-state index in [2.05, 4.69) is 0 Å². The maximum absolute atomic E-state index is 13.4. The number of halogens is 2. The van der Waals surface area contributed by atoms with E-state index in [1.165, 1.54) is 23.9 Å². The van der Waals surface area contributed by atoms with Crippen molar-refractivity contribution < 1.29 is 13.9 Å². The summed E-state index contributed by atoms with van der Waals surface area (Å²) in [5.74, 6) is 0.535. The molecule has 0 N–H and O–H groups in total. The van der Waals surface area contributed by atoms with E-state index < -0.39 is 5.82 Å². The first-order chi connectivity index (χ1) is 10.6. The summed E-state index contributed by atoms with van der Waals surface area (Å²) in [4.78, 5) is 13.9. The highest BCUT2D eigenvalue weighted by Gasteiger charge is 2.35. The summed E-state index contributed by atoms with van der Waals surface area (Å²) in [7, 11) is 1.60. The fourth-order valence-electron chi connectivity index (χ4n) is 2.44. The summed E-state index contributed by atoms with van der Waals surface area (Å²) >= 11 is 7.35. The average Bonchev–Trinajstić information content (AvgIpc) is 2.91. The topological polar surface area (TPSA) is 29.5 Å². The average molecular weight is 338 g/mol. The van der Waals surface area contributed by atoms with Gasteiger partial charge >= 0.3 is 0 Å². The van der Waals surface area contributed by atoms with Crippen molar-refractivity contribution >= 4 is 35.0 Å². The number of hydrogen-bond donors (Lipinski definition) is 0. The van der Waals surface area contributed by atoms with Crippen molar-refractivity contribution in [3.63, 3.8) is 0 Å². The molecule has 0 aromatic heterocycles. The van der Waals surface area contributed by atoms with Gasteiger partial charge in [-0.15, -0.1) is 11.8 Å². The lowest BCUT2D eigenvalue weighted by molar-refractivity contribution is -0.115. The van der Waals surface area contributed by atoms with Crippen molar-refractivity contribution in [1.29, 1.82) is 0 Å². The molecule has 22 heavy (non-hydrogen) atoms. The first-order valence-electron chi connectivity index (χ1n) is 6.63. The van der Waals surface area contributed by atoms with Crippen LogP contribution in [0.25, 0.3) is 0 Å². The summed E-state index contributed by atoms with van der Waals surface area (Å²) < 4.78 is 18.7. The van der Waals surface area contributed by atoms with E-state index in [4.69, 9.17) is 16.3 Å². The number of anilines is 1. The van der Waals surface area contributed by atoms with Crippen LogP contribution in [0.4, 0.5) is 10.1 Å². The van der Waals surface area contributed by atoms with E-state index in [1.54, 1.807) is 18.1 Å². The van der Waals surface area contributed by atoms with Gasteiger partial charge in [0.1, 0.15) is 16.9 Å². The molecule has 1 saturated heterocycles. The molecule has 3 rings (SSSR count). The molecule has 0 saturated carbocycles. The maximum Gasteiger partial charge on any atom is 0.238 e.